The summed E-state index contributed by atoms with van der Waals surface area (Å²) in [6.07, 6.45) is 11.0. The fourth-order valence-corrected chi connectivity index (χ4v) is 5.11. The van der Waals surface area contributed by atoms with Crippen molar-refractivity contribution in [1.82, 2.24) is 35.0 Å². The maximum absolute atomic E-state index is 14.8. The van der Waals surface area contributed by atoms with E-state index in [-0.39, 0.29) is 12.5 Å². The predicted molar refractivity (Wildman–Crippen MR) is 139 cm³/mol. The molecule has 1 fully saturated rings. The van der Waals surface area contributed by atoms with Crippen molar-refractivity contribution >= 4 is 0 Å². The van der Waals surface area contributed by atoms with E-state index in [1.165, 1.54) is 11.6 Å². The van der Waals surface area contributed by atoms with Crippen LogP contribution in [-0.2, 0) is 6.54 Å². The highest BCUT2D eigenvalue weighted by Gasteiger charge is 2.29. The van der Waals surface area contributed by atoms with Crippen LogP contribution in [0.3, 0.4) is 0 Å². The zero-order chi connectivity index (χ0) is 25.9. The summed E-state index contributed by atoms with van der Waals surface area (Å²) >= 11 is 0. The van der Waals surface area contributed by atoms with E-state index in [9.17, 15) is 9.50 Å². The number of halogens is 1. The van der Waals surface area contributed by atoms with Crippen molar-refractivity contribution in [1.29, 1.82) is 0 Å². The van der Waals surface area contributed by atoms with Crippen molar-refractivity contribution in [3.63, 3.8) is 0 Å². The molecule has 2 aliphatic rings. The number of aliphatic hydroxyl groups is 1. The molecule has 38 heavy (non-hydrogen) atoms. The molecule has 0 saturated carbocycles. The number of hydrogen-bond acceptors (Lipinski definition) is 8. The van der Waals surface area contributed by atoms with Crippen molar-refractivity contribution in [3.05, 3.63) is 78.7 Å². The Hall–Kier alpha value is -4.02. The number of aliphatic hydroxyl groups excluding tert-OH is 1. The zero-order valence-electron chi connectivity index (χ0n) is 20.8. The number of alkyl halides is 1. The van der Waals surface area contributed by atoms with E-state index in [1.807, 2.05) is 24.3 Å². The summed E-state index contributed by atoms with van der Waals surface area (Å²) in [4.78, 5) is 11.1. The first-order valence-corrected chi connectivity index (χ1v) is 12.8. The van der Waals surface area contributed by atoms with Gasteiger partial charge in [-0.1, -0.05) is 52.9 Å². The molecule has 3 aromatic heterocycles. The molecule has 0 radical (unpaired) electrons. The number of nitrogens with zero attached hydrogens (tertiary/aromatic N) is 7. The molecule has 1 aliphatic heterocycles. The van der Waals surface area contributed by atoms with Gasteiger partial charge in [0.2, 0.25) is 5.82 Å². The second-order valence-corrected chi connectivity index (χ2v) is 9.72. The number of piperidine rings is 1. The van der Waals surface area contributed by atoms with Crippen LogP contribution in [0.4, 0.5) is 4.39 Å². The van der Waals surface area contributed by atoms with Crippen molar-refractivity contribution in [2.75, 3.05) is 19.7 Å². The maximum atomic E-state index is 14.8. The van der Waals surface area contributed by atoms with E-state index in [0.717, 1.165) is 43.6 Å². The molecule has 1 aliphatic carbocycles. The Morgan fingerprint density at radius 3 is 2.63 bits per heavy atom. The molecular weight excluding hydrogens is 485 g/mol. The molecule has 1 N–H and O–H groups in total. The molecule has 6 rings (SSSR count). The average Bonchev–Trinajstić information content (AvgIpc) is 3.62. The number of allylic oxidation sites excluding steroid dienone is 4. The minimum Gasteiger partial charge on any atom is -0.396 e. The quantitative estimate of drug-likeness (QED) is 0.391. The van der Waals surface area contributed by atoms with Crippen LogP contribution in [0.5, 0.6) is 0 Å². The third-order valence-corrected chi connectivity index (χ3v) is 7.08. The normalized spacial score (nSPS) is 21.7. The first-order valence-electron chi connectivity index (χ1n) is 12.8. The fourth-order valence-electron chi connectivity index (χ4n) is 5.11. The standard InChI is InChI=1S/C28H28FN7O2/c29-23-5-1-2-6-24(23)36-26(21-11-13-30-14-12-21)25(32-34-36)28-31-27(33-38-28)22-9-7-19(8-10-22)16-35-15-3-4-20(17-35)18-37/h1-2,5-14,20,23-24,37H,3-4,15-18H2. The lowest BCUT2D eigenvalue weighted by atomic mass is 9.98. The van der Waals surface area contributed by atoms with Gasteiger partial charge in [-0.05, 0) is 49.1 Å². The van der Waals surface area contributed by atoms with Crippen molar-refractivity contribution < 1.29 is 14.0 Å². The molecule has 9 nitrogen and oxygen atoms in total. The molecule has 10 heteroatoms. The van der Waals surface area contributed by atoms with E-state index in [2.05, 4.69) is 42.5 Å². The number of benzene rings is 1. The van der Waals surface area contributed by atoms with E-state index < -0.39 is 12.2 Å². The fraction of sp³-hybridized carbons (Fsp3) is 0.321. The predicted octanol–water partition coefficient (Wildman–Crippen LogP) is 4.27. The first kappa shape index (κ1) is 24.3. The molecule has 0 spiro atoms. The lowest BCUT2D eigenvalue weighted by Crippen LogP contribution is -2.36. The van der Waals surface area contributed by atoms with Crippen LogP contribution in [0, 0.1) is 5.92 Å². The SMILES string of the molecule is OCC1CCCN(Cc2ccc(-c3noc(-c4nnn(C5C=CC=CC5F)c4-c4ccncc4)n3)cc2)C1. The Labute approximate surface area is 219 Å². The van der Waals surface area contributed by atoms with Crippen LogP contribution >= 0.6 is 0 Å². The highest BCUT2D eigenvalue weighted by Crippen LogP contribution is 2.34. The van der Waals surface area contributed by atoms with E-state index in [4.69, 9.17) is 4.52 Å². The maximum Gasteiger partial charge on any atom is 0.281 e. The number of aromatic nitrogens is 6. The Balaban J connectivity index is 1.26. The van der Waals surface area contributed by atoms with Gasteiger partial charge in [0.1, 0.15) is 17.9 Å². The van der Waals surface area contributed by atoms with Crippen LogP contribution in [0.2, 0.25) is 0 Å². The molecular formula is C28H28FN7O2. The third kappa shape index (κ3) is 4.92. The zero-order valence-corrected chi connectivity index (χ0v) is 20.8. The minimum atomic E-state index is -1.24. The van der Waals surface area contributed by atoms with Gasteiger partial charge < -0.3 is 9.63 Å². The average molecular weight is 514 g/mol. The Morgan fingerprint density at radius 1 is 1.03 bits per heavy atom. The van der Waals surface area contributed by atoms with E-state index in [1.54, 1.807) is 35.3 Å². The van der Waals surface area contributed by atoms with Crippen LogP contribution in [0.25, 0.3) is 34.2 Å². The minimum absolute atomic E-state index is 0.205. The molecule has 4 aromatic rings. The van der Waals surface area contributed by atoms with Crippen molar-refractivity contribution in [2.24, 2.45) is 5.92 Å². The van der Waals surface area contributed by atoms with Gasteiger partial charge in [-0.2, -0.15) is 4.98 Å². The molecule has 4 heterocycles. The summed E-state index contributed by atoms with van der Waals surface area (Å²) in [5.41, 5.74) is 3.73. The summed E-state index contributed by atoms with van der Waals surface area (Å²) in [5.74, 6) is 0.998. The molecule has 1 aromatic carbocycles. The smallest absolute Gasteiger partial charge is 0.281 e. The van der Waals surface area contributed by atoms with Crippen LogP contribution < -0.4 is 0 Å². The molecule has 194 valence electrons. The van der Waals surface area contributed by atoms with Gasteiger partial charge in [-0.15, -0.1) is 5.10 Å². The molecule has 1 saturated heterocycles. The number of likely N-dealkylation sites (tertiary alicyclic amines) is 1. The third-order valence-electron chi connectivity index (χ3n) is 7.08. The Morgan fingerprint density at radius 2 is 1.84 bits per heavy atom. The first-order chi connectivity index (χ1) is 18.7. The Kier molecular flexibility index (Phi) is 6.89. The van der Waals surface area contributed by atoms with Crippen molar-refractivity contribution in [3.8, 4) is 34.2 Å². The van der Waals surface area contributed by atoms with E-state index in [0.29, 0.717) is 23.1 Å². The van der Waals surface area contributed by atoms with Crippen molar-refractivity contribution in [2.45, 2.75) is 31.6 Å². The summed E-state index contributed by atoms with van der Waals surface area (Å²) in [6, 6.07) is 11.1. The number of rotatable bonds is 7. The van der Waals surface area contributed by atoms with Gasteiger partial charge in [-0.3, -0.25) is 9.88 Å². The van der Waals surface area contributed by atoms with Gasteiger partial charge in [0.05, 0.1) is 0 Å². The summed E-state index contributed by atoms with van der Waals surface area (Å²) in [5, 5.41) is 22.3. The summed E-state index contributed by atoms with van der Waals surface area (Å²) in [7, 11) is 0. The second kappa shape index (κ2) is 10.8. The van der Waals surface area contributed by atoms with Crippen LogP contribution in [0.15, 0.2) is 77.6 Å². The highest BCUT2D eigenvalue weighted by atomic mass is 19.1. The largest absolute Gasteiger partial charge is 0.396 e. The highest BCUT2D eigenvalue weighted by molar-refractivity contribution is 5.74. The van der Waals surface area contributed by atoms with E-state index >= 15 is 0 Å². The summed E-state index contributed by atoms with van der Waals surface area (Å²) in [6.45, 7) is 3.05. The molecule has 3 unspecified atom stereocenters. The van der Waals surface area contributed by atoms with Crippen LogP contribution in [-0.4, -0.2) is 66.0 Å². The lowest BCUT2D eigenvalue weighted by Gasteiger charge is -2.31. The van der Waals surface area contributed by atoms with Gasteiger partial charge in [-0.25, -0.2) is 9.07 Å². The Bertz CT molecular complexity index is 1430. The monoisotopic (exact) mass is 513 g/mol. The van der Waals surface area contributed by atoms with Gasteiger partial charge in [0.15, 0.2) is 5.69 Å². The second-order valence-electron chi connectivity index (χ2n) is 9.72. The van der Waals surface area contributed by atoms with Gasteiger partial charge in [0.25, 0.3) is 5.89 Å². The van der Waals surface area contributed by atoms with Gasteiger partial charge in [0, 0.05) is 43.2 Å². The summed E-state index contributed by atoms with van der Waals surface area (Å²) < 4.78 is 22.0. The lowest BCUT2D eigenvalue weighted by molar-refractivity contribution is 0.116. The van der Waals surface area contributed by atoms with Gasteiger partial charge >= 0.3 is 0 Å². The molecule has 0 bridgehead atoms. The number of hydrogen-bond donors (Lipinski definition) is 1. The topological polar surface area (TPSA) is 106 Å². The number of pyridine rings is 1. The molecule has 3 atom stereocenters. The van der Waals surface area contributed by atoms with Crippen LogP contribution in [0.1, 0.15) is 24.4 Å². The molecule has 0 amide bonds.